The first-order valence-corrected chi connectivity index (χ1v) is 13.5. The molecule has 0 N–H and O–H groups in total. The Bertz CT molecular complexity index is 1340. The Morgan fingerprint density at radius 1 is 0.944 bits per heavy atom. The van der Waals surface area contributed by atoms with Crippen molar-refractivity contribution >= 4 is 46.1 Å². The van der Waals surface area contributed by atoms with Crippen molar-refractivity contribution in [2.75, 3.05) is 0 Å². The number of esters is 2. The first kappa shape index (κ1) is 25.1. The van der Waals surface area contributed by atoms with E-state index in [0.29, 0.717) is 0 Å². The van der Waals surface area contributed by atoms with Crippen LogP contribution in [0, 0.1) is 23.2 Å². The number of carbonyl (C=O) groups is 2. The molecule has 0 heterocycles. The van der Waals surface area contributed by atoms with Crippen LogP contribution in [0.3, 0.4) is 0 Å². The number of ether oxygens (including phenoxy) is 2. The number of carbonyl (C=O) groups excluding carboxylic acids is 2. The first-order chi connectivity index (χ1) is 17.0. The summed E-state index contributed by atoms with van der Waals surface area (Å²) in [5.41, 5.74) is -0.249. The summed E-state index contributed by atoms with van der Waals surface area (Å²) in [4.78, 5) is 26.8. The summed E-state index contributed by atoms with van der Waals surface area (Å²) >= 11 is 4.67. The molecule has 2 aliphatic rings. The van der Waals surface area contributed by atoms with E-state index in [-0.39, 0.29) is 35.8 Å². The predicted molar refractivity (Wildman–Crippen MR) is 146 cm³/mol. The second kappa shape index (κ2) is 9.09. The van der Waals surface area contributed by atoms with Crippen LogP contribution in [-0.2, 0) is 24.7 Å². The monoisotopic (exact) mass is 504 g/mol. The van der Waals surface area contributed by atoms with E-state index in [2.05, 4.69) is 49.0 Å². The molecule has 190 valence electrons. The van der Waals surface area contributed by atoms with Gasteiger partial charge in [0.15, 0.2) is 0 Å². The summed E-state index contributed by atoms with van der Waals surface area (Å²) in [6.45, 7) is 9.78. The van der Waals surface area contributed by atoms with Gasteiger partial charge in [-0.25, -0.2) is 0 Å². The van der Waals surface area contributed by atoms with Gasteiger partial charge in [0.25, 0.3) is 0 Å². The summed E-state index contributed by atoms with van der Waals surface area (Å²) in [5, 5.41) is 4.54. The van der Waals surface area contributed by atoms with Crippen molar-refractivity contribution in [3.8, 4) is 0 Å². The maximum atomic E-state index is 13.3. The molecule has 5 rings (SSSR count). The van der Waals surface area contributed by atoms with Crippen molar-refractivity contribution in [1.82, 2.24) is 0 Å². The summed E-state index contributed by atoms with van der Waals surface area (Å²) in [6.07, 6.45) is 3.10. The van der Waals surface area contributed by atoms with Crippen LogP contribution < -0.4 is 0 Å². The second-order valence-corrected chi connectivity index (χ2v) is 12.3. The first-order valence-electron chi connectivity index (χ1n) is 13.1. The fraction of sp³-hybridized carbons (Fsp3) is 0.484. The average Bonchev–Trinajstić information content (AvgIpc) is 3.44. The Balaban J connectivity index is 1.28. The summed E-state index contributed by atoms with van der Waals surface area (Å²) in [7, 11) is 0. The number of thiol groups is 1. The predicted octanol–water partition coefficient (Wildman–Crippen LogP) is 7.45. The lowest BCUT2D eigenvalue weighted by Crippen LogP contribution is -2.37. The van der Waals surface area contributed by atoms with E-state index in [1.807, 2.05) is 46.8 Å². The molecular formula is C31H36O4S. The fourth-order valence-corrected chi connectivity index (χ4v) is 6.29. The molecule has 2 fully saturated rings. The van der Waals surface area contributed by atoms with Crippen molar-refractivity contribution in [3.63, 3.8) is 0 Å². The lowest BCUT2D eigenvalue weighted by atomic mass is 9.86. The number of rotatable bonds is 6. The van der Waals surface area contributed by atoms with Gasteiger partial charge in [-0.15, -0.1) is 12.6 Å². The Kier molecular flexibility index (Phi) is 6.35. The molecule has 0 radical (unpaired) electrons. The third-order valence-electron chi connectivity index (χ3n) is 8.68. The highest BCUT2D eigenvalue weighted by molar-refractivity contribution is 7.80. The van der Waals surface area contributed by atoms with Gasteiger partial charge < -0.3 is 9.47 Å². The molecule has 2 bridgehead atoms. The Hall–Kier alpha value is -2.53. The zero-order chi connectivity index (χ0) is 25.8. The maximum absolute atomic E-state index is 13.3. The minimum absolute atomic E-state index is 0.0718. The van der Waals surface area contributed by atoms with Crippen LogP contribution in [0.5, 0.6) is 0 Å². The van der Waals surface area contributed by atoms with E-state index in [9.17, 15) is 9.59 Å². The van der Waals surface area contributed by atoms with Crippen molar-refractivity contribution < 1.29 is 19.1 Å². The van der Waals surface area contributed by atoms with Gasteiger partial charge in [-0.3, -0.25) is 9.59 Å². The van der Waals surface area contributed by atoms with Gasteiger partial charge in [0.2, 0.25) is 0 Å². The zero-order valence-electron chi connectivity index (χ0n) is 21.8. The molecule has 3 aromatic rings. The van der Waals surface area contributed by atoms with E-state index in [1.165, 1.54) is 0 Å². The van der Waals surface area contributed by atoms with Gasteiger partial charge >= 0.3 is 11.9 Å². The van der Waals surface area contributed by atoms with Crippen molar-refractivity contribution in [2.45, 2.75) is 76.9 Å². The Morgan fingerprint density at radius 2 is 1.69 bits per heavy atom. The summed E-state index contributed by atoms with van der Waals surface area (Å²) < 4.78 is 12.0. The van der Waals surface area contributed by atoms with Gasteiger partial charge in [-0.05, 0) is 99.1 Å². The number of benzene rings is 3. The van der Waals surface area contributed by atoms with Crippen molar-refractivity contribution in [3.05, 3.63) is 54.1 Å². The highest BCUT2D eigenvalue weighted by atomic mass is 32.1. The van der Waals surface area contributed by atoms with Gasteiger partial charge in [0.05, 0.1) is 11.3 Å². The molecule has 4 atom stereocenters. The molecule has 36 heavy (non-hydrogen) atoms. The molecule has 4 unspecified atom stereocenters. The molecule has 0 aromatic heterocycles. The van der Waals surface area contributed by atoms with Gasteiger partial charge in [-0.1, -0.05) is 43.3 Å². The largest absolute Gasteiger partial charge is 0.462 e. The third kappa shape index (κ3) is 4.40. The zero-order valence-corrected chi connectivity index (χ0v) is 22.7. The molecule has 0 amide bonds. The maximum Gasteiger partial charge on any atom is 0.311 e. The van der Waals surface area contributed by atoms with Crippen LogP contribution in [0.1, 0.15) is 65.9 Å². The molecular weight excluding hydrogens is 468 g/mol. The minimum Gasteiger partial charge on any atom is -0.462 e. The highest BCUT2D eigenvalue weighted by Gasteiger charge is 2.52. The smallest absolute Gasteiger partial charge is 0.311 e. The molecule has 0 aliphatic heterocycles. The van der Waals surface area contributed by atoms with Gasteiger partial charge in [0, 0.05) is 10.3 Å². The number of hydrogen-bond donors (Lipinski definition) is 1. The van der Waals surface area contributed by atoms with Crippen LogP contribution in [-0.4, -0.2) is 18.0 Å². The Labute approximate surface area is 219 Å². The molecule has 2 saturated carbocycles. The van der Waals surface area contributed by atoms with Gasteiger partial charge in [-0.2, -0.15) is 0 Å². The molecule has 2 aliphatic carbocycles. The van der Waals surface area contributed by atoms with E-state index < -0.39 is 11.0 Å². The van der Waals surface area contributed by atoms with Crippen LogP contribution in [0.2, 0.25) is 0 Å². The molecule has 0 saturated heterocycles. The quantitative estimate of drug-likeness (QED) is 0.215. The summed E-state index contributed by atoms with van der Waals surface area (Å²) in [5.74, 6) is 0.0770. The molecule has 0 spiro atoms. The van der Waals surface area contributed by atoms with Crippen LogP contribution in [0.4, 0.5) is 0 Å². The van der Waals surface area contributed by atoms with E-state index in [0.717, 1.165) is 57.7 Å². The molecule has 3 aromatic carbocycles. The van der Waals surface area contributed by atoms with Crippen LogP contribution in [0.25, 0.3) is 21.5 Å². The second-order valence-electron chi connectivity index (χ2n) is 11.8. The lowest BCUT2D eigenvalue weighted by molar-refractivity contribution is -0.168. The fourth-order valence-electron chi connectivity index (χ4n) is 5.96. The van der Waals surface area contributed by atoms with Crippen molar-refractivity contribution in [1.29, 1.82) is 0 Å². The molecule has 4 nitrogen and oxygen atoms in total. The SMILES string of the molecule is CCC(C)(C)C(=O)OC1CC2CC1CC2C(=O)OC(C)(C)c1ccc2c(ccc3cccc(S)c32)c1. The average molecular weight is 505 g/mol. The normalized spacial score (nSPS) is 23.8. The minimum atomic E-state index is -0.750. The van der Waals surface area contributed by atoms with E-state index in [4.69, 9.17) is 9.47 Å². The van der Waals surface area contributed by atoms with Crippen LogP contribution >= 0.6 is 12.6 Å². The van der Waals surface area contributed by atoms with Crippen molar-refractivity contribution in [2.24, 2.45) is 23.2 Å². The topological polar surface area (TPSA) is 52.6 Å². The highest BCUT2D eigenvalue weighted by Crippen LogP contribution is 2.51. The van der Waals surface area contributed by atoms with E-state index in [1.54, 1.807) is 0 Å². The summed E-state index contributed by atoms with van der Waals surface area (Å²) in [6, 6.07) is 16.6. The van der Waals surface area contributed by atoms with Crippen LogP contribution in [0.15, 0.2) is 53.4 Å². The number of fused-ring (bicyclic) bond motifs is 5. The van der Waals surface area contributed by atoms with E-state index >= 15 is 0 Å². The lowest BCUT2D eigenvalue weighted by Gasteiger charge is -2.32. The number of hydrogen-bond acceptors (Lipinski definition) is 5. The standard InChI is InChI=1S/C31H36O4S/c1-6-30(2,3)29(33)34-25-17-20-14-21(25)16-24(20)28(32)35-31(4,5)22-12-13-23-19(15-22)11-10-18-8-7-9-26(36)27(18)23/h7-13,15,20-21,24-25,36H,6,14,16-17H2,1-5H3. The third-order valence-corrected chi connectivity index (χ3v) is 9.05. The van der Waals surface area contributed by atoms with Gasteiger partial charge in [0.1, 0.15) is 11.7 Å². The molecule has 5 heteroatoms. The Morgan fingerprint density at radius 3 is 2.39 bits per heavy atom.